The highest BCUT2D eigenvalue weighted by Gasteiger charge is 2.31. The Morgan fingerprint density at radius 3 is 2.53 bits per heavy atom. The molecule has 0 radical (unpaired) electrons. The second kappa shape index (κ2) is 10.2. The Bertz CT molecular complexity index is 1330. The van der Waals surface area contributed by atoms with E-state index in [0.29, 0.717) is 26.2 Å². The molecule has 9 nitrogen and oxygen atoms in total. The number of benzene rings is 2. The molecule has 0 spiro atoms. The van der Waals surface area contributed by atoms with Crippen molar-refractivity contribution in [1.82, 2.24) is 15.1 Å². The van der Waals surface area contributed by atoms with E-state index >= 15 is 0 Å². The van der Waals surface area contributed by atoms with Crippen molar-refractivity contribution in [1.29, 1.82) is 0 Å². The van der Waals surface area contributed by atoms with Crippen molar-refractivity contribution in [2.75, 3.05) is 47.2 Å². The van der Waals surface area contributed by atoms with Gasteiger partial charge in [0, 0.05) is 49.1 Å². The van der Waals surface area contributed by atoms with Crippen LogP contribution in [0.25, 0.3) is 0 Å². The number of carbonyl (C=O) groups excluding carboxylic acids is 1. The number of nitrogens with one attached hydrogen (secondary N) is 1. The van der Waals surface area contributed by atoms with Crippen LogP contribution < -0.4 is 14.5 Å². The molecule has 0 aliphatic carbocycles. The van der Waals surface area contributed by atoms with Gasteiger partial charge in [0.05, 0.1) is 4.90 Å². The van der Waals surface area contributed by atoms with E-state index in [1.165, 1.54) is 11.1 Å². The third-order valence-electron chi connectivity index (χ3n) is 6.71. The Kier molecular flexibility index (Phi) is 7.05. The predicted octanol–water partition coefficient (Wildman–Crippen LogP) is 3.48. The van der Waals surface area contributed by atoms with Gasteiger partial charge in [0.25, 0.3) is 10.0 Å². The van der Waals surface area contributed by atoms with Gasteiger partial charge in [-0.15, -0.1) is 10.2 Å². The van der Waals surface area contributed by atoms with Crippen LogP contribution in [0, 0.1) is 0 Å². The average molecular weight is 547 g/mol. The molecule has 5 rings (SSSR count). The molecule has 12 heteroatoms. The van der Waals surface area contributed by atoms with E-state index in [4.69, 9.17) is 11.6 Å². The number of rotatable bonds is 6. The highest BCUT2D eigenvalue weighted by molar-refractivity contribution is 7.93. The normalized spacial score (nSPS) is 17.0. The fourth-order valence-corrected chi connectivity index (χ4v) is 6.69. The Hall–Kier alpha value is -2.89. The van der Waals surface area contributed by atoms with E-state index in [2.05, 4.69) is 24.7 Å². The van der Waals surface area contributed by atoms with Crippen molar-refractivity contribution in [2.24, 2.45) is 0 Å². The first kappa shape index (κ1) is 24.8. The van der Waals surface area contributed by atoms with Gasteiger partial charge in [-0.2, -0.15) is 0 Å². The zero-order chi connectivity index (χ0) is 25.3. The molecule has 0 saturated carbocycles. The van der Waals surface area contributed by atoms with E-state index in [-0.39, 0.29) is 22.0 Å². The number of carbonyl (C=O) groups is 1. The second-order valence-corrected chi connectivity index (χ2v) is 11.9. The summed E-state index contributed by atoms with van der Waals surface area (Å²) in [5.74, 6) is 0.127. The summed E-state index contributed by atoms with van der Waals surface area (Å²) in [6, 6.07) is 12.4. The van der Waals surface area contributed by atoms with Gasteiger partial charge < -0.3 is 14.7 Å². The first-order chi connectivity index (χ1) is 17.3. The number of aryl methyl sites for hydroxylation is 1. The molecule has 0 bridgehead atoms. The zero-order valence-corrected chi connectivity index (χ0v) is 22.2. The summed E-state index contributed by atoms with van der Waals surface area (Å²) in [5, 5.41) is 8.32. The number of hydrogen-bond acceptors (Lipinski definition) is 8. The molecule has 2 aromatic carbocycles. The van der Waals surface area contributed by atoms with E-state index in [1.54, 1.807) is 24.3 Å². The quantitative estimate of drug-likeness (QED) is 0.505. The van der Waals surface area contributed by atoms with Crippen LogP contribution in [0.2, 0.25) is 5.02 Å². The molecule has 1 fully saturated rings. The number of halogens is 1. The van der Waals surface area contributed by atoms with Crippen LogP contribution in [0.15, 0.2) is 52.9 Å². The highest BCUT2D eigenvalue weighted by atomic mass is 35.5. The number of amides is 1. The molecule has 2 aliphatic heterocycles. The fraction of sp³-hybridized carbons (Fsp3) is 0.375. The van der Waals surface area contributed by atoms with Gasteiger partial charge in [-0.3, -0.25) is 9.52 Å². The van der Waals surface area contributed by atoms with E-state index in [0.717, 1.165) is 47.1 Å². The minimum atomic E-state index is -3.72. The monoisotopic (exact) mass is 546 g/mol. The van der Waals surface area contributed by atoms with Crippen LogP contribution in [0.3, 0.4) is 0 Å². The molecular formula is C24H27ClN6O3S2. The van der Waals surface area contributed by atoms with Crippen molar-refractivity contribution < 1.29 is 13.2 Å². The molecule has 2 aliphatic rings. The van der Waals surface area contributed by atoms with Crippen LogP contribution in [0.1, 0.15) is 18.9 Å². The van der Waals surface area contributed by atoms with Crippen molar-refractivity contribution in [3.8, 4) is 0 Å². The van der Waals surface area contributed by atoms with Crippen molar-refractivity contribution >= 4 is 55.4 Å². The standard InChI is InChI=1S/C24H27ClN6O3S2/c1-17(31-10-2-3-18-15-19(25)4-9-22(18)31)23(32)30-13-11-29(12-14-30)20-5-7-21(8-6-20)36(33,34)28-24-27-26-16-35-24/h4-9,15-17H,2-3,10-14H2,1H3,(H,27,28)/t17-/m1/s1. The van der Waals surface area contributed by atoms with E-state index < -0.39 is 10.0 Å². The fourth-order valence-electron chi connectivity index (χ4n) is 4.81. The minimum absolute atomic E-state index is 0.127. The summed E-state index contributed by atoms with van der Waals surface area (Å²) in [4.78, 5) is 19.8. The first-order valence-electron chi connectivity index (χ1n) is 11.8. The molecule has 3 aromatic rings. The van der Waals surface area contributed by atoms with Crippen molar-refractivity contribution in [3.63, 3.8) is 0 Å². The van der Waals surface area contributed by atoms with Crippen LogP contribution in [0.4, 0.5) is 16.5 Å². The zero-order valence-electron chi connectivity index (χ0n) is 19.8. The summed E-state index contributed by atoms with van der Waals surface area (Å²) in [5.41, 5.74) is 4.68. The number of piperazine rings is 1. The molecule has 190 valence electrons. The Morgan fingerprint density at radius 2 is 1.83 bits per heavy atom. The van der Waals surface area contributed by atoms with Gasteiger partial charge in [-0.1, -0.05) is 22.9 Å². The van der Waals surface area contributed by atoms with Crippen LogP contribution >= 0.6 is 22.9 Å². The molecule has 1 amide bonds. The maximum Gasteiger partial charge on any atom is 0.263 e. The average Bonchev–Trinajstić information content (AvgIpc) is 3.40. The first-order valence-corrected chi connectivity index (χ1v) is 14.5. The largest absolute Gasteiger partial charge is 0.368 e. The van der Waals surface area contributed by atoms with Crippen LogP contribution in [0.5, 0.6) is 0 Å². The van der Waals surface area contributed by atoms with Gasteiger partial charge in [0.1, 0.15) is 11.6 Å². The summed E-state index contributed by atoms with van der Waals surface area (Å²) >= 11 is 7.30. The maximum absolute atomic E-state index is 13.4. The third kappa shape index (κ3) is 5.14. The van der Waals surface area contributed by atoms with Gasteiger partial charge >= 0.3 is 0 Å². The maximum atomic E-state index is 13.4. The van der Waals surface area contributed by atoms with Gasteiger partial charge in [-0.05, 0) is 67.8 Å². The lowest BCUT2D eigenvalue weighted by Crippen LogP contribution is -2.55. The van der Waals surface area contributed by atoms with Crippen molar-refractivity contribution in [2.45, 2.75) is 30.7 Å². The number of hydrogen-bond donors (Lipinski definition) is 1. The van der Waals surface area contributed by atoms with Gasteiger partial charge in [-0.25, -0.2) is 8.42 Å². The number of sulfonamides is 1. The van der Waals surface area contributed by atoms with E-state index in [1.807, 2.05) is 30.0 Å². The van der Waals surface area contributed by atoms with Gasteiger partial charge in [0.15, 0.2) is 0 Å². The Balaban J connectivity index is 1.20. The summed E-state index contributed by atoms with van der Waals surface area (Å²) in [6.45, 7) is 5.42. The number of nitrogens with zero attached hydrogens (tertiary/aromatic N) is 5. The van der Waals surface area contributed by atoms with Crippen LogP contribution in [-0.2, 0) is 21.2 Å². The Morgan fingerprint density at radius 1 is 1.08 bits per heavy atom. The van der Waals surface area contributed by atoms with Crippen molar-refractivity contribution in [3.05, 3.63) is 58.6 Å². The minimum Gasteiger partial charge on any atom is -0.368 e. The number of anilines is 3. The highest BCUT2D eigenvalue weighted by Crippen LogP contribution is 2.31. The SMILES string of the molecule is C[C@H](C(=O)N1CCN(c2ccc(S(=O)(=O)Nc3nncs3)cc2)CC1)N1CCCc2cc(Cl)ccc21. The molecular weight excluding hydrogens is 520 g/mol. The molecule has 1 N–H and O–H groups in total. The van der Waals surface area contributed by atoms with Crippen LogP contribution in [-0.4, -0.2) is 68.2 Å². The lowest BCUT2D eigenvalue weighted by atomic mass is 10.00. The molecule has 3 heterocycles. The summed E-state index contributed by atoms with van der Waals surface area (Å²) in [7, 11) is -3.72. The van der Waals surface area contributed by atoms with E-state index in [9.17, 15) is 13.2 Å². The summed E-state index contributed by atoms with van der Waals surface area (Å²) in [6.07, 6.45) is 1.98. The summed E-state index contributed by atoms with van der Waals surface area (Å²) < 4.78 is 27.5. The smallest absolute Gasteiger partial charge is 0.263 e. The third-order valence-corrected chi connectivity index (χ3v) is 9.03. The predicted molar refractivity (Wildman–Crippen MR) is 143 cm³/mol. The molecule has 36 heavy (non-hydrogen) atoms. The second-order valence-electron chi connectivity index (χ2n) is 8.90. The lowest BCUT2D eigenvalue weighted by molar-refractivity contribution is -0.132. The molecule has 1 atom stereocenters. The van der Waals surface area contributed by atoms with Gasteiger partial charge in [0.2, 0.25) is 11.0 Å². The molecule has 1 saturated heterocycles. The number of fused-ring (bicyclic) bond motifs is 1. The lowest BCUT2D eigenvalue weighted by Gasteiger charge is -2.41. The molecule has 1 aromatic heterocycles. The topological polar surface area (TPSA) is 98.7 Å². The Labute approximate surface area is 219 Å². The molecule has 0 unspecified atom stereocenters. The number of aromatic nitrogens is 2.